The molecule has 0 saturated carbocycles. The summed E-state index contributed by atoms with van der Waals surface area (Å²) in [5, 5.41) is 13.8. The molecule has 0 atom stereocenters. The van der Waals surface area contributed by atoms with Gasteiger partial charge in [0.25, 0.3) is 5.91 Å². The van der Waals surface area contributed by atoms with E-state index in [0.29, 0.717) is 23.8 Å². The fraction of sp³-hybridized carbons (Fsp3) is 0.111. The maximum absolute atomic E-state index is 12.3. The van der Waals surface area contributed by atoms with Crippen LogP contribution >= 0.6 is 0 Å². The predicted octanol–water partition coefficient (Wildman–Crippen LogP) is 2.74. The number of anilines is 2. The van der Waals surface area contributed by atoms with Crippen molar-refractivity contribution in [3.63, 3.8) is 0 Å². The topological polar surface area (TPSA) is 89.0 Å². The van der Waals surface area contributed by atoms with E-state index in [1.807, 2.05) is 30.3 Å². The normalized spacial score (nSPS) is 10.1. The number of hydrogen-bond acceptors (Lipinski definition) is 6. The molecule has 0 fully saturated rings. The van der Waals surface area contributed by atoms with E-state index in [9.17, 15) is 4.79 Å². The average Bonchev–Trinajstić information content (AvgIpc) is 2.68. The summed E-state index contributed by atoms with van der Waals surface area (Å²) in [4.78, 5) is 16.5. The zero-order valence-electron chi connectivity index (χ0n) is 13.6. The van der Waals surface area contributed by atoms with Crippen molar-refractivity contribution in [2.45, 2.75) is 6.54 Å². The van der Waals surface area contributed by atoms with E-state index < -0.39 is 0 Å². The quantitative estimate of drug-likeness (QED) is 0.720. The van der Waals surface area contributed by atoms with Crippen molar-refractivity contribution in [2.75, 3.05) is 17.7 Å². The van der Waals surface area contributed by atoms with Crippen LogP contribution in [-0.2, 0) is 6.54 Å². The highest BCUT2D eigenvalue weighted by Crippen LogP contribution is 2.23. The van der Waals surface area contributed by atoms with Gasteiger partial charge in [-0.3, -0.25) is 9.78 Å². The molecule has 2 aromatic heterocycles. The number of methoxy groups -OCH3 is 1. The van der Waals surface area contributed by atoms with Crippen molar-refractivity contribution >= 4 is 17.4 Å². The first-order chi connectivity index (χ1) is 12.3. The monoisotopic (exact) mass is 335 g/mol. The van der Waals surface area contributed by atoms with E-state index in [2.05, 4.69) is 25.8 Å². The maximum Gasteiger partial charge on any atom is 0.276 e. The van der Waals surface area contributed by atoms with Gasteiger partial charge in [0.15, 0.2) is 5.69 Å². The lowest BCUT2D eigenvalue weighted by molar-refractivity contribution is 0.102. The van der Waals surface area contributed by atoms with E-state index in [0.717, 1.165) is 5.69 Å². The molecule has 126 valence electrons. The van der Waals surface area contributed by atoms with Crippen LogP contribution in [0.2, 0.25) is 0 Å². The molecule has 1 amide bonds. The summed E-state index contributed by atoms with van der Waals surface area (Å²) < 4.78 is 5.21. The van der Waals surface area contributed by atoms with Crippen LogP contribution < -0.4 is 15.4 Å². The molecule has 0 unspecified atom stereocenters. The summed E-state index contributed by atoms with van der Waals surface area (Å²) in [5.74, 6) is 0.797. The van der Waals surface area contributed by atoms with E-state index in [-0.39, 0.29) is 11.6 Å². The summed E-state index contributed by atoms with van der Waals surface area (Å²) in [7, 11) is 1.55. The van der Waals surface area contributed by atoms with Gasteiger partial charge >= 0.3 is 0 Å². The van der Waals surface area contributed by atoms with Gasteiger partial charge in [0, 0.05) is 6.20 Å². The van der Waals surface area contributed by atoms with E-state index in [4.69, 9.17) is 4.74 Å². The van der Waals surface area contributed by atoms with Crippen molar-refractivity contribution in [1.29, 1.82) is 0 Å². The Kier molecular flexibility index (Phi) is 5.16. The Balaban J connectivity index is 1.62. The molecule has 0 aliphatic carbocycles. The summed E-state index contributed by atoms with van der Waals surface area (Å²) in [6.07, 6.45) is 1.73. The Bertz CT molecular complexity index is 838. The van der Waals surface area contributed by atoms with Crippen LogP contribution in [0.15, 0.2) is 60.8 Å². The van der Waals surface area contributed by atoms with Crippen LogP contribution in [0.25, 0.3) is 0 Å². The van der Waals surface area contributed by atoms with Crippen molar-refractivity contribution in [2.24, 2.45) is 0 Å². The number of nitrogens with zero attached hydrogens (tertiary/aromatic N) is 3. The van der Waals surface area contributed by atoms with Crippen molar-refractivity contribution in [3.8, 4) is 5.75 Å². The van der Waals surface area contributed by atoms with E-state index >= 15 is 0 Å². The molecule has 1 aromatic carbocycles. The third-order valence-corrected chi connectivity index (χ3v) is 3.43. The first-order valence-corrected chi connectivity index (χ1v) is 7.68. The van der Waals surface area contributed by atoms with Gasteiger partial charge in [0.05, 0.1) is 25.0 Å². The van der Waals surface area contributed by atoms with Crippen molar-refractivity contribution < 1.29 is 9.53 Å². The highest BCUT2D eigenvalue weighted by molar-refractivity contribution is 6.03. The molecule has 0 aliphatic rings. The van der Waals surface area contributed by atoms with Gasteiger partial charge in [0.1, 0.15) is 11.6 Å². The first kappa shape index (κ1) is 16.4. The molecule has 3 aromatic rings. The highest BCUT2D eigenvalue weighted by Gasteiger charge is 2.11. The average molecular weight is 335 g/mol. The second-order valence-electron chi connectivity index (χ2n) is 5.13. The SMILES string of the molecule is COc1ccccc1NC(=O)c1ccc(NCc2ccccn2)nn1. The van der Waals surface area contributed by atoms with Gasteiger partial charge < -0.3 is 15.4 Å². The maximum atomic E-state index is 12.3. The predicted molar refractivity (Wildman–Crippen MR) is 94.5 cm³/mol. The number of benzene rings is 1. The number of amides is 1. The fourth-order valence-corrected chi connectivity index (χ4v) is 2.17. The minimum atomic E-state index is -0.353. The number of para-hydroxylation sites is 2. The second-order valence-corrected chi connectivity index (χ2v) is 5.13. The number of pyridine rings is 1. The van der Waals surface area contributed by atoms with Crippen LogP contribution in [0.3, 0.4) is 0 Å². The van der Waals surface area contributed by atoms with Crippen LogP contribution in [0.5, 0.6) is 5.75 Å². The number of carbonyl (C=O) groups is 1. The Hall–Kier alpha value is -3.48. The van der Waals surface area contributed by atoms with E-state index in [1.54, 1.807) is 37.6 Å². The number of carbonyl (C=O) groups excluding carboxylic acids is 1. The first-order valence-electron chi connectivity index (χ1n) is 7.68. The zero-order chi connectivity index (χ0) is 17.5. The van der Waals surface area contributed by atoms with Crippen LogP contribution in [0.1, 0.15) is 16.2 Å². The standard InChI is InChI=1S/C18H17N5O2/c1-25-16-8-3-2-7-14(16)21-18(24)15-9-10-17(23-22-15)20-12-13-6-4-5-11-19-13/h2-11H,12H2,1H3,(H,20,23)(H,21,24). The molecule has 0 saturated heterocycles. The molecule has 0 spiro atoms. The van der Waals surface area contributed by atoms with Crippen molar-refractivity contribution in [1.82, 2.24) is 15.2 Å². The Morgan fingerprint density at radius 2 is 1.88 bits per heavy atom. The molecule has 0 aliphatic heterocycles. The van der Waals surface area contributed by atoms with Crippen LogP contribution in [-0.4, -0.2) is 28.2 Å². The number of aromatic nitrogens is 3. The smallest absolute Gasteiger partial charge is 0.276 e. The van der Waals surface area contributed by atoms with Gasteiger partial charge in [-0.1, -0.05) is 18.2 Å². The van der Waals surface area contributed by atoms with Gasteiger partial charge in [-0.05, 0) is 36.4 Å². The largest absolute Gasteiger partial charge is 0.495 e. The number of ether oxygens (including phenoxy) is 1. The summed E-state index contributed by atoms with van der Waals surface area (Å²) >= 11 is 0. The number of rotatable bonds is 6. The van der Waals surface area contributed by atoms with Gasteiger partial charge in [0.2, 0.25) is 0 Å². The third-order valence-electron chi connectivity index (χ3n) is 3.43. The number of nitrogens with one attached hydrogen (secondary N) is 2. The molecule has 0 radical (unpaired) electrons. The van der Waals surface area contributed by atoms with Gasteiger partial charge in [-0.25, -0.2) is 0 Å². The summed E-state index contributed by atoms with van der Waals surface area (Å²) in [6, 6.07) is 16.2. The molecule has 2 N–H and O–H groups in total. The van der Waals surface area contributed by atoms with Crippen LogP contribution in [0, 0.1) is 0 Å². The van der Waals surface area contributed by atoms with Gasteiger partial charge in [-0.15, -0.1) is 10.2 Å². The fourth-order valence-electron chi connectivity index (χ4n) is 2.17. The lowest BCUT2D eigenvalue weighted by Gasteiger charge is -2.09. The molecule has 3 rings (SSSR count). The Labute approximate surface area is 145 Å². The van der Waals surface area contributed by atoms with E-state index in [1.165, 1.54) is 0 Å². The lowest BCUT2D eigenvalue weighted by Crippen LogP contribution is -2.15. The third kappa shape index (κ3) is 4.29. The van der Waals surface area contributed by atoms with Crippen LogP contribution in [0.4, 0.5) is 11.5 Å². The molecular formula is C18H17N5O2. The molecule has 2 heterocycles. The molecule has 7 nitrogen and oxygen atoms in total. The molecule has 0 bridgehead atoms. The highest BCUT2D eigenvalue weighted by atomic mass is 16.5. The minimum absolute atomic E-state index is 0.217. The Morgan fingerprint density at radius 1 is 1.04 bits per heavy atom. The number of hydrogen-bond donors (Lipinski definition) is 2. The lowest BCUT2D eigenvalue weighted by atomic mass is 10.2. The Morgan fingerprint density at radius 3 is 2.60 bits per heavy atom. The zero-order valence-corrected chi connectivity index (χ0v) is 13.6. The molecule has 7 heteroatoms. The molecular weight excluding hydrogens is 318 g/mol. The van der Waals surface area contributed by atoms with Crippen molar-refractivity contribution in [3.05, 3.63) is 72.2 Å². The molecule has 25 heavy (non-hydrogen) atoms. The summed E-state index contributed by atoms with van der Waals surface area (Å²) in [5.41, 5.74) is 1.69. The second kappa shape index (κ2) is 7.87. The minimum Gasteiger partial charge on any atom is -0.495 e. The van der Waals surface area contributed by atoms with Gasteiger partial charge in [-0.2, -0.15) is 0 Å². The summed E-state index contributed by atoms with van der Waals surface area (Å²) in [6.45, 7) is 0.530.